The molecule has 0 spiro atoms. The third kappa shape index (κ3) is 2.70. The number of ether oxygens (including phenoxy) is 2. The van der Waals surface area contributed by atoms with E-state index in [9.17, 15) is 9.18 Å². The van der Waals surface area contributed by atoms with Crippen molar-refractivity contribution in [1.29, 1.82) is 0 Å². The SMILES string of the molecule is Cc1ccc2c(c1)CN(C(=O)C1Cc3cc(F)ccc3O1)CCO2. The minimum absolute atomic E-state index is 0.0791. The van der Waals surface area contributed by atoms with Gasteiger partial charge in [0.15, 0.2) is 6.10 Å². The Morgan fingerprint density at radius 2 is 2.00 bits per heavy atom. The van der Waals surface area contributed by atoms with Gasteiger partial charge in [-0.2, -0.15) is 0 Å². The molecule has 124 valence electrons. The first-order valence-electron chi connectivity index (χ1n) is 8.06. The Kier molecular flexibility index (Phi) is 3.63. The van der Waals surface area contributed by atoms with Gasteiger partial charge in [-0.05, 0) is 31.2 Å². The van der Waals surface area contributed by atoms with E-state index >= 15 is 0 Å². The maximum atomic E-state index is 13.3. The Labute approximate surface area is 139 Å². The highest BCUT2D eigenvalue weighted by molar-refractivity contribution is 5.82. The van der Waals surface area contributed by atoms with Crippen molar-refractivity contribution in [2.75, 3.05) is 13.2 Å². The fraction of sp³-hybridized carbons (Fsp3) is 0.316. The number of rotatable bonds is 1. The summed E-state index contributed by atoms with van der Waals surface area (Å²) in [5.41, 5.74) is 2.88. The highest BCUT2D eigenvalue weighted by Gasteiger charge is 2.33. The summed E-state index contributed by atoms with van der Waals surface area (Å²) < 4.78 is 24.8. The lowest BCUT2D eigenvalue weighted by molar-refractivity contribution is -0.138. The monoisotopic (exact) mass is 327 g/mol. The van der Waals surface area contributed by atoms with Gasteiger partial charge in [0.1, 0.15) is 23.9 Å². The molecule has 0 aliphatic carbocycles. The molecule has 2 aliphatic heterocycles. The Morgan fingerprint density at radius 3 is 2.88 bits per heavy atom. The van der Waals surface area contributed by atoms with E-state index in [2.05, 4.69) is 0 Å². The van der Waals surface area contributed by atoms with Crippen LogP contribution in [0.3, 0.4) is 0 Å². The molecule has 1 amide bonds. The van der Waals surface area contributed by atoms with Crippen molar-refractivity contribution in [3.63, 3.8) is 0 Å². The first kappa shape index (κ1) is 15.0. The molecule has 2 aliphatic rings. The largest absolute Gasteiger partial charge is 0.491 e. The zero-order valence-electron chi connectivity index (χ0n) is 13.4. The van der Waals surface area contributed by atoms with Gasteiger partial charge >= 0.3 is 0 Å². The second kappa shape index (κ2) is 5.82. The van der Waals surface area contributed by atoms with Crippen LogP contribution in [0.15, 0.2) is 36.4 Å². The van der Waals surface area contributed by atoms with Gasteiger partial charge in [-0.25, -0.2) is 4.39 Å². The number of amides is 1. The molecule has 0 fully saturated rings. The van der Waals surface area contributed by atoms with E-state index in [0.717, 1.165) is 22.4 Å². The quantitative estimate of drug-likeness (QED) is 0.808. The third-order valence-corrected chi connectivity index (χ3v) is 4.48. The average molecular weight is 327 g/mol. The second-order valence-corrected chi connectivity index (χ2v) is 6.28. The van der Waals surface area contributed by atoms with Gasteiger partial charge in [-0.1, -0.05) is 17.7 Å². The van der Waals surface area contributed by atoms with E-state index in [-0.39, 0.29) is 11.7 Å². The van der Waals surface area contributed by atoms with E-state index in [1.54, 1.807) is 11.0 Å². The summed E-state index contributed by atoms with van der Waals surface area (Å²) >= 11 is 0. The lowest BCUT2D eigenvalue weighted by Gasteiger charge is -2.23. The van der Waals surface area contributed by atoms with Crippen molar-refractivity contribution in [1.82, 2.24) is 4.90 Å². The van der Waals surface area contributed by atoms with E-state index in [1.165, 1.54) is 12.1 Å². The number of carbonyl (C=O) groups excluding carboxylic acids is 1. The standard InChI is InChI=1S/C19H18FNO3/c1-12-2-4-16-14(8-12)11-21(6-7-23-16)19(22)18-10-13-9-15(20)3-5-17(13)24-18/h2-5,8-9,18H,6-7,10-11H2,1H3. The Hall–Kier alpha value is -2.56. The molecule has 0 bridgehead atoms. The van der Waals surface area contributed by atoms with Crippen LogP contribution in [0.1, 0.15) is 16.7 Å². The fourth-order valence-electron chi connectivity index (χ4n) is 3.27. The summed E-state index contributed by atoms with van der Waals surface area (Å²) in [6.07, 6.45) is -0.183. The maximum Gasteiger partial charge on any atom is 0.264 e. The number of fused-ring (bicyclic) bond motifs is 2. The Morgan fingerprint density at radius 1 is 1.17 bits per heavy atom. The van der Waals surface area contributed by atoms with E-state index < -0.39 is 6.10 Å². The van der Waals surface area contributed by atoms with Crippen LogP contribution in [0.25, 0.3) is 0 Å². The van der Waals surface area contributed by atoms with Crippen molar-refractivity contribution in [2.45, 2.75) is 26.0 Å². The summed E-state index contributed by atoms with van der Waals surface area (Å²) in [5, 5.41) is 0. The van der Waals surface area contributed by atoms with Crippen molar-refractivity contribution in [3.05, 3.63) is 58.9 Å². The lowest BCUT2D eigenvalue weighted by Crippen LogP contribution is -2.42. The molecule has 1 unspecified atom stereocenters. The summed E-state index contributed by atoms with van der Waals surface area (Å²) in [4.78, 5) is 14.6. The van der Waals surface area contributed by atoms with Gasteiger partial charge in [0, 0.05) is 24.1 Å². The summed E-state index contributed by atoms with van der Waals surface area (Å²) in [6, 6.07) is 10.4. The minimum Gasteiger partial charge on any atom is -0.491 e. The molecule has 1 atom stereocenters. The van der Waals surface area contributed by atoms with Gasteiger partial charge in [0.2, 0.25) is 0 Å². The number of carbonyl (C=O) groups is 1. The number of halogens is 1. The molecule has 2 aromatic carbocycles. The van der Waals surface area contributed by atoms with Gasteiger partial charge in [0.25, 0.3) is 5.91 Å². The summed E-state index contributed by atoms with van der Waals surface area (Å²) in [6.45, 7) is 3.48. The fourth-order valence-corrected chi connectivity index (χ4v) is 3.27. The molecule has 0 saturated heterocycles. The molecular formula is C19H18FNO3. The third-order valence-electron chi connectivity index (χ3n) is 4.48. The molecule has 5 heteroatoms. The van der Waals surface area contributed by atoms with Crippen molar-refractivity contribution in [2.24, 2.45) is 0 Å². The van der Waals surface area contributed by atoms with Crippen LogP contribution in [0.5, 0.6) is 11.5 Å². The molecule has 0 saturated carbocycles. The molecule has 0 radical (unpaired) electrons. The minimum atomic E-state index is -0.590. The van der Waals surface area contributed by atoms with E-state index in [4.69, 9.17) is 9.47 Å². The molecule has 2 aromatic rings. The van der Waals surface area contributed by atoms with Crippen LogP contribution in [-0.4, -0.2) is 30.1 Å². The second-order valence-electron chi connectivity index (χ2n) is 6.28. The summed E-state index contributed by atoms with van der Waals surface area (Å²) in [7, 11) is 0. The van der Waals surface area contributed by atoms with E-state index in [1.807, 2.05) is 25.1 Å². The normalized spacial score (nSPS) is 18.9. The van der Waals surface area contributed by atoms with Gasteiger partial charge in [0.05, 0.1) is 6.54 Å². The Bertz CT molecular complexity index is 805. The molecule has 4 nitrogen and oxygen atoms in total. The van der Waals surface area contributed by atoms with Crippen LogP contribution in [0, 0.1) is 12.7 Å². The molecule has 0 N–H and O–H groups in total. The number of hydrogen-bond acceptors (Lipinski definition) is 3. The zero-order chi connectivity index (χ0) is 16.7. The van der Waals surface area contributed by atoms with Gasteiger partial charge in [-0.3, -0.25) is 4.79 Å². The Balaban J connectivity index is 1.53. The maximum absolute atomic E-state index is 13.3. The van der Waals surface area contributed by atoms with Gasteiger partial charge < -0.3 is 14.4 Å². The smallest absolute Gasteiger partial charge is 0.264 e. The van der Waals surface area contributed by atoms with Crippen molar-refractivity contribution in [3.8, 4) is 11.5 Å². The van der Waals surface area contributed by atoms with Crippen LogP contribution >= 0.6 is 0 Å². The highest BCUT2D eigenvalue weighted by atomic mass is 19.1. The topological polar surface area (TPSA) is 38.8 Å². The first-order valence-corrected chi connectivity index (χ1v) is 8.06. The molecule has 24 heavy (non-hydrogen) atoms. The summed E-state index contributed by atoms with van der Waals surface area (Å²) in [5.74, 6) is 1.04. The lowest BCUT2D eigenvalue weighted by atomic mass is 10.1. The predicted octanol–water partition coefficient (Wildman–Crippen LogP) is 2.86. The number of hydrogen-bond donors (Lipinski definition) is 0. The molecule has 2 heterocycles. The molecular weight excluding hydrogens is 309 g/mol. The predicted molar refractivity (Wildman–Crippen MR) is 86.6 cm³/mol. The van der Waals surface area contributed by atoms with Crippen molar-refractivity contribution >= 4 is 5.91 Å². The van der Waals surface area contributed by atoms with Crippen molar-refractivity contribution < 1.29 is 18.7 Å². The van der Waals surface area contributed by atoms with Crippen LogP contribution < -0.4 is 9.47 Å². The number of aryl methyl sites for hydroxylation is 1. The molecule has 4 rings (SSSR count). The first-order chi connectivity index (χ1) is 11.6. The van der Waals surface area contributed by atoms with Crippen LogP contribution in [0.2, 0.25) is 0 Å². The number of nitrogens with zero attached hydrogens (tertiary/aromatic N) is 1. The average Bonchev–Trinajstić information content (AvgIpc) is 2.86. The van der Waals surface area contributed by atoms with E-state index in [0.29, 0.717) is 31.9 Å². The zero-order valence-corrected chi connectivity index (χ0v) is 13.4. The van der Waals surface area contributed by atoms with Crippen LogP contribution in [0.4, 0.5) is 4.39 Å². The highest BCUT2D eigenvalue weighted by Crippen LogP contribution is 2.31. The van der Waals surface area contributed by atoms with Crippen LogP contribution in [-0.2, 0) is 17.8 Å². The number of benzene rings is 2. The molecule has 0 aromatic heterocycles. The van der Waals surface area contributed by atoms with Gasteiger partial charge in [-0.15, -0.1) is 0 Å².